The van der Waals surface area contributed by atoms with Gasteiger partial charge >= 0.3 is 0 Å². The standard InChI is InChI=1S/C21H21BrO5/c1-2-3-4-14(22)11-26-16-9-18(24)20-19(10-16)27-12-17(21(20)25)13-5-7-15(23)8-6-13/h5-10,12,14,23-24H,2-4,11H2,1H3. The lowest BCUT2D eigenvalue weighted by Gasteiger charge is -2.12. The number of hydrogen-bond acceptors (Lipinski definition) is 5. The van der Waals surface area contributed by atoms with Crippen molar-refractivity contribution in [3.8, 4) is 28.4 Å². The van der Waals surface area contributed by atoms with Crippen molar-refractivity contribution < 1.29 is 19.4 Å². The third-order valence-electron chi connectivity index (χ3n) is 4.31. The third-order valence-corrected chi connectivity index (χ3v) is 5.03. The molecule has 2 aromatic carbocycles. The maximum Gasteiger partial charge on any atom is 0.204 e. The molecule has 1 aromatic heterocycles. The monoisotopic (exact) mass is 432 g/mol. The number of halogens is 1. The van der Waals surface area contributed by atoms with Crippen LogP contribution in [0.1, 0.15) is 26.2 Å². The van der Waals surface area contributed by atoms with Crippen LogP contribution in [0.25, 0.3) is 22.1 Å². The molecule has 27 heavy (non-hydrogen) atoms. The van der Waals surface area contributed by atoms with Crippen LogP contribution in [-0.4, -0.2) is 21.6 Å². The topological polar surface area (TPSA) is 79.9 Å². The van der Waals surface area contributed by atoms with E-state index >= 15 is 0 Å². The zero-order valence-corrected chi connectivity index (χ0v) is 16.5. The molecule has 1 heterocycles. The van der Waals surface area contributed by atoms with Crippen LogP contribution in [0.2, 0.25) is 0 Å². The first kappa shape index (κ1) is 19.3. The summed E-state index contributed by atoms with van der Waals surface area (Å²) in [4.78, 5) is 13.0. The molecule has 0 bridgehead atoms. The minimum atomic E-state index is -0.340. The minimum absolute atomic E-state index is 0.106. The van der Waals surface area contributed by atoms with E-state index in [1.165, 1.54) is 24.5 Å². The molecule has 142 valence electrons. The van der Waals surface area contributed by atoms with Gasteiger partial charge in [-0.05, 0) is 24.1 Å². The van der Waals surface area contributed by atoms with Crippen molar-refractivity contribution in [1.82, 2.24) is 0 Å². The first-order valence-corrected chi connectivity index (χ1v) is 9.76. The highest BCUT2D eigenvalue weighted by molar-refractivity contribution is 9.09. The Hall–Kier alpha value is -2.47. The molecule has 1 atom stereocenters. The molecule has 1 unspecified atom stereocenters. The van der Waals surface area contributed by atoms with Crippen LogP contribution in [0, 0.1) is 0 Å². The first-order valence-electron chi connectivity index (χ1n) is 8.84. The summed E-state index contributed by atoms with van der Waals surface area (Å²) in [6.45, 7) is 2.59. The van der Waals surface area contributed by atoms with Crippen LogP contribution < -0.4 is 10.2 Å². The van der Waals surface area contributed by atoms with Gasteiger partial charge in [0.25, 0.3) is 0 Å². The van der Waals surface area contributed by atoms with E-state index < -0.39 is 0 Å². The zero-order chi connectivity index (χ0) is 19.4. The van der Waals surface area contributed by atoms with E-state index in [1.807, 2.05) is 0 Å². The summed E-state index contributed by atoms with van der Waals surface area (Å²) in [5.41, 5.74) is 0.831. The number of unbranched alkanes of at least 4 members (excludes halogenated alkanes) is 1. The highest BCUT2D eigenvalue weighted by atomic mass is 79.9. The fraction of sp³-hybridized carbons (Fsp3) is 0.286. The maximum absolute atomic E-state index is 12.8. The van der Waals surface area contributed by atoms with Gasteiger partial charge in [-0.25, -0.2) is 0 Å². The summed E-state index contributed by atoms with van der Waals surface area (Å²) in [6, 6.07) is 9.26. The van der Waals surface area contributed by atoms with Gasteiger partial charge in [-0.2, -0.15) is 0 Å². The lowest BCUT2D eigenvalue weighted by Crippen LogP contribution is -2.11. The Morgan fingerprint density at radius 3 is 2.63 bits per heavy atom. The third kappa shape index (κ3) is 4.45. The summed E-state index contributed by atoms with van der Waals surface area (Å²) in [5.74, 6) is 0.371. The number of alkyl halides is 1. The Bertz CT molecular complexity index is 978. The molecule has 0 saturated heterocycles. The van der Waals surface area contributed by atoms with Crippen molar-refractivity contribution in [2.45, 2.75) is 31.0 Å². The normalized spacial score (nSPS) is 12.2. The van der Waals surface area contributed by atoms with Crippen molar-refractivity contribution in [2.24, 2.45) is 0 Å². The Balaban J connectivity index is 1.90. The molecule has 2 N–H and O–H groups in total. The van der Waals surface area contributed by atoms with Gasteiger partial charge in [0.15, 0.2) is 0 Å². The van der Waals surface area contributed by atoms with Crippen LogP contribution in [0.5, 0.6) is 17.2 Å². The number of hydrogen-bond donors (Lipinski definition) is 2. The second-order valence-electron chi connectivity index (χ2n) is 6.39. The molecule has 0 aliphatic rings. The van der Waals surface area contributed by atoms with Gasteiger partial charge in [0.05, 0.1) is 5.56 Å². The predicted octanol–water partition coefficient (Wildman–Crippen LogP) is 5.20. The Labute approximate surface area is 165 Å². The summed E-state index contributed by atoms with van der Waals surface area (Å²) in [5, 5.41) is 19.9. The summed E-state index contributed by atoms with van der Waals surface area (Å²) < 4.78 is 11.3. The van der Waals surface area contributed by atoms with Crippen LogP contribution in [0.3, 0.4) is 0 Å². The number of phenolic OH excluding ortho intramolecular Hbond substituents is 2. The van der Waals surface area contributed by atoms with Gasteiger partial charge in [0.2, 0.25) is 5.43 Å². The Kier molecular flexibility index (Phi) is 6.06. The molecule has 0 saturated carbocycles. The Morgan fingerprint density at radius 1 is 1.19 bits per heavy atom. The number of fused-ring (bicyclic) bond motifs is 1. The van der Waals surface area contributed by atoms with Crippen molar-refractivity contribution in [1.29, 1.82) is 0 Å². The average molecular weight is 433 g/mol. The molecule has 0 aliphatic carbocycles. The van der Waals surface area contributed by atoms with E-state index in [0.29, 0.717) is 23.5 Å². The van der Waals surface area contributed by atoms with E-state index in [4.69, 9.17) is 9.15 Å². The molecule has 3 aromatic rings. The van der Waals surface area contributed by atoms with E-state index in [0.717, 1.165) is 19.3 Å². The van der Waals surface area contributed by atoms with Crippen LogP contribution in [0.15, 0.2) is 51.9 Å². The molecule has 0 amide bonds. The second kappa shape index (κ2) is 8.48. The number of phenols is 2. The second-order valence-corrected chi connectivity index (χ2v) is 7.69. The van der Waals surface area contributed by atoms with Gasteiger partial charge in [-0.3, -0.25) is 4.79 Å². The SMILES string of the molecule is CCCCC(Br)COc1cc(O)c2c(=O)c(-c3ccc(O)cc3)coc2c1. The van der Waals surface area contributed by atoms with Crippen molar-refractivity contribution >= 4 is 26.9 Å². The van der Waals surface area contributed by atoms with Gasteiger partial charge in [-0.15, -0.1) is 0 Å². The molecule has 5 nitrogen and oxygen atoms in total. The average Bonchev–Trinajstić information content (AvgIpc) is 2.65. The van der Waals surface area contributed by atoms with Crippen LogP contribution in [-0.2, 0) is 0 Å². The molecule has 0 spiro atoms. The smallest absolute Gasteiger partial charge is 0.204 e. The maximum atomic E-state index is 12.8. The molecule has 6 heteroatoms. The largest absolute Gasteiger partial charge is 0.508 e. The van der Waals surface area contributed by atoms with E-state index in [-0.39, 0.29) is 32.7 Å². The van der Waals surface area contributed by atoms with E-state index in [1.54, 1.807) is 18.2 Å². The minimum Gasteiger partial charge on any atom is -0.508 e. The molecule has 0 aliphatic heterocycles. The van der Waals surface area contributed by atoms with Crippen molar-refractivity contribution in [3.63, 3.8) is 0 Å². The summed E-state index contributed by atoms with van der Waals surface area (Å²) >= 11 is 3.58. The number of rotatable bonds is 7. The van der Waals surface area contributed by atoms with Gasteiger partial charge in [0.1, 0.15) is 41.1 Å². The number of benzene rings is 2. The predicted molar refractivity (Wildman–Crippen MR) is 109 cm³/mol. The number of ether oxygens (including phenoxy) is 1. The first-order chi connectivity index (χ1) is 13.0. The van der Waals surface area contributed by atoms with E-state index in [9.17, 15) is 15.0 Å². The Morgan fingerprint density at radius 2 is 1.93 bits per heavy atom. The van der Waals surface area contributed by atoms with Crippen LogP contribution in [0.4, 0.5) is 0 Å². The van der Waals surface area contributed by atoms with Gasteiger partial charge in [-0.1, -0.05) is 47.8 Å². The quantitative estimate of drug-likeness (QED) is 0.501. The lowest BCUT2D eigenvalue weighted by molar-refractivity contribution is 0.311. The highest BCUT2D eigenvalue weighted by Gasteiger charge is 2.15. The van der Waals surface area contributed by atoms with Gasteiger partial charge < -0.3 is 19.4 Å². The molecular weight excluding hydrogens is 412 g/mol. The fourth-order valence-electron chi connectivity index (χ4n) is 2.83. The van der Waals surface area contributed by atoms with Crippen molar-refractivity contribution in [3.05, 3.63) is 52.9 Å². The van der Waals surface area contributed by atoms with Crippen LogP contribution >= 0.6 is 15.9 Å². The van der Waals surface area contributed by atoms with Crippen molar-refractivity contribution in [2.75, 3.05) is 6.61 Å². The fourth-order valence-corrected chi connectivity index (χ4v) is 3.28. The summed E-state index contributed by atoms with van der Waals surface area (Å²) in [6.07, 6.45) is 4.58. The van der Waals surface area contributed by atoms with E-state index in [2.05, 4.69) is 22.9 Å². The van der Waals surface area contributed by atoms with Gasteiger partial charge in [0, 0.05) is 17.0 Å². The molecular formula is C21H21BrO5. The highest BCUT2D eigenvalue weighted by Crippen LogP contribution is 2.31. The zero-order valence-electron chi connectivity index (χ0n) is 14.9. The molecule has 0 fully saturated rings. The summed E-state index contributed by atoms with van der Waals surface area (Å²) in [7, 11) is 0. The number of aromatic hydroxyl groups is 2. The molecule has 3 rings (SSSR count). The molecule has 0 radical (unpaired) electrons. The lowest BCUT2D eigenvalue weighted by atomic mass is 10.0.